The fourth-order valence-corrected chi connectivity index (χ4v) is 2.98. The Labute approximate surface area is 154 Å². The van der Waals surface area contributed by atoms with E-state index in [2.05, 4.69) is 46.4 Å². The van der Waals surface area contributed by atoms with Crippen LogP contribution in [0.25, 0.3) is 0 Å². The fourth-order valence-electron chi connectivity index (χ4n) is 2.98. The van der Waals surface area contributed by atoms with Crippen molar-refractivity contribution in [2.75, 3.05) is 0 Å². The lowest BCUT2D eigenvalue weighted by molar-refractivity contribution is -0.151. The van der Waals surface area contributed by atoms with Crippen LogP contribution in [0.1, 0.15) is 80.1 Å². The van der Waals surface area contributed by atoms with Gasteiger partial charge in [-0.25, -0.2) is 0 Å². The molecular formula is C22H36O3. The molecule has 2 unspecified atom stereocenters. The van der Waals surface area contributed by atoms with E-state index in [4.69, 9.17) is 9.47 Å². The smallest absolute Gasteiger partial charge is 0.303 e. The maximum absolute atomic E-state index is 11.2. The van der Waals surface area contributed by atoms with Gasteiger partial charge in [0.05, 0.1) is 11.7 Å². The molecule has 0 spiro atoms. The van der Waals surface area contributed by atoms with E-state index < -0.39 is 5.60 Å². The zero-order valence-electron chi connectivity index (χ0n) is 17.0. The number of hydrogen-bond donors (Lipinski definition) is 0. The van der Waals surface area contributed by atoms with E-state index in [1.165, 1.54) is 18.1 Å². The molecule has 0 N–H and O–H groups in total. The Hall–Kier alpha value is -1.35. The third-order valence-corrected chi connectivity index (χ3v) is 4.94. The molecule has 142 valence electrons. The van der Waals surface area contributed by atoms with Gasteiger partial charge in [-0.15, -0.1) is 0 Å². The van der Waals surface area contributed by atoms with Crippen molar-refractivity contribution in [3.8, 4) is 0 Å². The molecule has 1 saturated heterocycles. The molecule has 0 aromatic heterocycles. The normalized spacial score (nSPS) is 22.2. The molecule has 2 atom stereocenters. The summed E-state index contributed by atoms with van der Waals surface area (Å²) >= 11 is 0. The maximum Gasteiger partial charge on any atom is 0.303 e. The molecule has 1 aliphatic heterocycles. The monoisotopic (exact) mass is 348 g/mol. The largest absolute Gasteiger partial charge is 0.455 e. The Balaban J connectivity index is 2.27. The minimum absolute atomic E-state index is 0.103. The van der Waals surface area contributed by atoms with Crippen molar-refractivity contribution < 1.29 is 14.3 Å². The minimum atomic E-state index is -0.572. The molecule has 3 heteroatoms. The first-order valence-corrected chi connectivity index (χ1v) is 9.40. The summed E-state index contributed by atoms with van der Waals surface area (Å²) in [5.74, 6) is -0.260. The Bertz CT molecular complexity index is 527. The van der Waals surface area contributed by atoms with E-state index >= 15 is 0 Å². The van der Waals surface area contributed by atoms with Crippen LogP contribution in [0.15, 0.2) is 36.0 Å². The Morgan fingerprint density at radius 3 is 2.24 bits per heavy atom. The van der Waals surface area contributed by atoms with Gasteiger partial charge in [0.2, 0.25) is 0 Å². The van der Waals surface area contributed by atoms with Crippen molar-refractivity contribution in [2.45, 2.75) is 97.4 Å². The number of esters is 1. The Morgan fingerprint density at radius 2 is 1.72 bits per heavy atom. The van der Waals surface area contributed by atoms with Crippen LogP contribution in [0.4, 0.5) is 0 Å². The first kappa shape index (κ1) is 21.7. The van der Waals surface area contributed by atoms with Crippen molar-refractivity contribution >= 4 is 5.97 Å². The lowest BCUT2D eigenvalue weighted by atomic mass is 9.98. The van der Waals surface area contributed by atoms with E-state index in [0.717, 1.165) is 38.5 Å². The highest BCUT2D eigenvalue weighted by Crippen LogP contribution is 2.38. The van der Waals surface area contributed by atoms with Crippen LogP contribution in [-0.2, 0) is 14.3 Å². The van der Waals surface area contributed by atoms with E-state index in [9.17, 15) is 4.79 Å². The molecule has 1 heterocycles. The summed E-state index contributed by atoms with van der Waals surface area (Å²) in [7, 11) is 0. The fraction of sp³-hybridized carbons (Fsp3) is 0.682. The molecule has 0 bridgehead atoms. The average molecular weight is 349 g/mol. The molecule has 0 aromatic carbocycles. The van der Waals surface area contributed by atoms with Crippen molar-refractivity contribution in [3.63, 3.8) is 0 Å². The van der Waals surface area contributed by atoms with Crippen LogP contribution in [0.3, 0.4) is 0 Å². The number of carbonyl (C=O) groups excluding carboxylic acids is 1. The number of carbonyl (C=O) groups is 1. The van der Waals surface area contributed by atoms with Crippen LogP contribution in [0, 0.1) is 0 Å². The topological polar surface area (TPSA) is 38.8 Å². The molecule has 0 saturated carbocycles. The predicted molar refractivity (Wildman–Crippen MR) is 105 cm³/mol. The van der Waals surface area contributed by atoms with Gasteiger partial charge in [-0.2, -0.15) is 0 Å². The average Bonchev–Trinajstić information content (AvgIpc) is 3.11. The summed E-state index contributed by atoms with van der Waals surface area (Å²) in [6, 6.07) is 0. The first-order chi connectivity index (χ1) is 11.6. The quantitative estimate of drug-likeness (QED) is 0.265. The van der Waals surface area contributed by atoms with Crippen LogP contribution in [-0.4, -0.2) is 23.3 Å². The molecule has 1 fully saturated rings. The minimum Gasteiger partial charge on any atom is -0.455 e. The van der Waals surface area contributed by atoms with Crippen molar-refractivity contribution in [1.82, 2.24) is 0 Å². The zero-order chi connectivity index (χ0) is 19.1. The van der Waals surface area contributed by atoms with Gasteiger partial charge in [-0.3, -0.25) is 4.79 Å². The number of epoxide rings is 1. The standard InChI is InChI=1S/C22H36O3/c1-8-22(7,24-19(4)23)16-10-13-17(2)11-9-12-18(3)14-15-20-21(5,6)25-20/h8,12-13,20H,1,9-11,14-16H2,2-7H3/b17-13+,18-12+. The molecule has 0 amide bonds. The van der Waals surface area contributed by atoms with Gasteiger partial charge in [0.15, 0.2) is 0 Å². The van der Waals surface area contributed by atoms with Crippen LogP contribution >= 0.6 is 0 Å². The summed E-state index contributed by atoms with van der Waals surface area (Å²) in [6.45, 7) is 15.8. The second-order valence-corrected chi connectivity index (χ2v) is 8.04. The van der Waals surface area contributed by atoms with Crippen LogP contribution in [0.2, 0.25) is 0 Å². The number of rotatable bonds is 11. The highest BCUT2D eigenvalue weighted by Gasteiger charge is 2.46. The van der Waals surface area contributed by atoms with E-state index in [1.54, 1.807) is 6.08 Å². The van der Waals surface area contributed by atoms with Gasteiger partial charge >= 0.3 is 5.97 Å². The van der Waals surface area contributed by atoms with Gasteiger partial charge in [0.25, 0.3) is 0 Å². The van der Waals surface area contributed by atoms with Gasteiger partial charge in [0, 0.05) is 6.92 Å². The van der Waals surface area contributed by atoms with Crippen molar-refractivity contribution in [1.29, 1.82) is 0 Å². The summed E-state index contributed by atoms with van der Waals surface area (Å²) in [6.07, 6.45) is 12.8. The molecule has 25 heavy (non-hydrogen) atoms. The summed E-state index contributed by atoms with van der Waals surface area (Å²) in [4.78, 5) is 11.2. The Kier molecular flexibility index (Phi) is 8.14. The van der Waals surface area contributed by atoms with Gasteiger partial charge < -0.3 is 9.47 Å². The predicted octanol–water partition coefficient (Wildman–Crippen LogP) is 5.90. The zero-order valence-corrected chi connectivity index (χ0v) is 17.0. The van der Waals surface area contributed by atoms with Crippen molar-refractivity contribution in [3.05, 3.63) is 36.0 Å². The maximum atomic E-state index is 11.2. The van der Waals surface area contributed by atoms with Gasteiger partial charge in [-0.1, -0.05) is 29.9 Å². The van der Waals surface area contributed by atoms with Gasteiger partial charge in [-0.05, 0) is 79.2 Å². The highest BCUT2D eigenvalue weighted by molar-refractivity contribution is 5.66. The summed E-state index contributed by atoms with van der Waals surface area (Å²) in [5, 5.41) is 0. The third-order valence-electron chi connectivity index (χ3n) is 4.94. The Morgan fingerprint density at radius 1 is 1.16 bits per heavy atom. The molecule has 0 aliphatic carbocycles. The molecular weight excluding hydrogens is 312 g/mol. The molecule has 1 aliphatic rings. The van der Waals surface area contributed by atoms with E-state index in [0.29, 0.717) is 6.10 Å². The van der Waals surface area contributed by atoms with Crippen LogP contribution in [0.5, 0.6) is 0 Å². The number of hydrogen-bond acceptors (Lipinski definition) is 3. The number of allylic oxidation sites excluding steroid dienone is 4. The van der Waals surface area contributed by atoms with Crippen molar-refractivity contribution in [2.24, 2.45) is 0 Å². The van der Waals surface area contributed by atoms with E-state index in [1.807, 2.05) is 6.92 Å². The van der Waals surface area contributed by atoms with E-state index in [-0.39, 0.29) is 11.6 Å². The highest BCUT2D eigenvalue weighted by atomic mass is 16.6. The summed E-state index contributed by atoms with van der Waals surface area (Å²) in [5.41, 5.74) is 2.36. The second kappa shape index (κ2) is 9.38. The molecule has 0 aromatic rings. The second-order valence-electron chi connectivity index (χ2n) is 8.04. The van der Waals surface area contributed by atoms with Crippen LogP contribution < -0.4 is 0 Å². The number of ether oxygens (including phenoxy) is 2. The summed E-state index contributed by atoms with van der Waals surface area (Å²) < 4.78 is 11.0. The molecule has 3 nitrogen and oxygen atoms in total. The lowest BCUT2D eigenvalue weighted by Gasteiger charge is -2.24. The first-order valence-electron chi connectivity index (χ1n) is 9.40. The third kappa shape index (κ3) is 8.53. The van der Waals surface area contributed by atoms with Gasteiger partial charge in [0.1, 0.15) is 5.60 Å². The molecule has 0 radical (unpaired) electrons. The SMILES string of the molecule is C=CC(C)(CC/C=C(\C)CC/C=C(\C)CCC1OC1(C)C)OC(C)=O. The molecule has 1 rings (SSSR count). The lowest BCUT2D eigenvalue weighted by Crippen LogP contribution is -2.27.